The molecule has 1 aliphatic carbocycles. The number of hydrogen-bond acceptors (Lipinski definition) is 1. The standard InChI is InChI=1S/C19H20O2/c1-4-5-11-16-17(19(20)21)12-13(2)14(3)18(16)15-9-7-6-8-10-15/h4,7,9,12,15H,1,6,8,10H2,2-3H3,(H,20,21). The third kappa shape index (κ3) is 3.08. The first kappa shape index (κ1) is 15.1. The topological polar surface area (TPSA) is 37.3 Å². The van der Waals surface area contributed by atoms with Crippen LogP contribution in [0.4, 0.5) is 0 Å². The number of aryl methyl sites for hydroxylation is 1. The summed E-state index contributed by atoms with van der Waals surface area (Å²) in [4.78, 5) is 11.6. The van der Waals surface area contributed by atoms with Gasteiger partial charge in [0.1, 0.15) is 0 Å². The van der Waals surface area contributed by atoms with Crippen molar-refractivity contribution in [2.75, 3.05) is 0 Å². The van der Waals surface area contributed by atoms with Crippen molar-refractivity contribution < 1.29 is 9.90 Å². The van der Waals surface area contributed by atoms with E-state index in [0.29, 0.717) is 11.1 Å². The number of carbonyl (C=O) groups is 1. The molecule has 0 heterocycles. The van der Waals surface area contributed by atoms with Gasteiger partial charge >= 0.3 is 5.97 Å². The van der Waals surface area contributed by atoms with Gasteiger partial charge in [-0.2, -0.15) is 0 Å². The first-order valence-corrected chi connectivity index (χ1v) is 7.22. The van der Waals surface area contributed by atoms with Gasteiger partial charge in [-0.05, 0) is 61.9 Å². The van der Waals surface area contributed by atoms with Crippen LogP contribution in [-0.4, -0.2) is 11.1 Å². The number of benzene rings is 1. The summed E-state index contributed by atoms with van der Waals surface area (Å²) >= 11 is 0. The van der Waals surface area contributed by atoms with Gasteiger partial charge in [-0.1, -0.05) is 30.6 Å². The molecule has 21 heavy (non-hydrogen) atoms. The highest BCUT2D eigenvalue weighted by Gasteiger charge is 2.22. The molecule has 1 aromatic carbocycles. The molecule has 1 aliphatic rings. The highest BCUT2D eigenvalue weighted by atomic mass is 16.4. The maximum absolute atomic E-state index is 11.6. The summed E-state index contributed by atoms with van der Waals surface area (Å²) in [5.41, 5.74) is 4.15. The van der Waals surface area contributed by atoms with E-state index in [1.54, 1.807) is 6.07 Å². The van der Waals surface area contributed by atoms with Gasteiger partial charge in [0, 0.05) is 11.5 Å². The molecule has 1 N–H and O–H groups in total. The van der Waals surface area contributed by atoms with Crippen LogP contribution in [-0.2, 0) is 0 Å². The molecule has 0 aliphatic heterocycles. The van der Waals surface area contributed by atoms with Crippen molar-refractivity contribution in [2.24, 2.45) is 0 Å². The molecule has 0 radical (unpaired) electrons. The average Bonchev–Trinajstić information content (AvgIpc) is 2.48. The first-order valence-electron chi connectivity index (χ1n) is 7.22. The maximum atomic E-state index is 11.6. The van der Waals surface area contributed by atoms with Crippen molar-refractivity contribution in [2.45, 2.75) is 39.0 Å². The zero-order valence-corrected chi connectivity index (χ0v) is 12.6. The maximum Gasteiger partial charge on any atom is 0.336 e. The minimum absolute atomic E-state index is 0.255. The SMILES string of the molecule is C=CC#Cc1c(C(=O)O)cc(C)c(C)c1C1C=CCCC1. The fraction of sp³-hybridized carbons (Fsp3) is 0.316. The summed E-state index contributed by atoms with van der Waals surface area (Å²) in [5.74, 6) is 5.14. The third-order valence-corrected chi connectivity index (χ3v) is 4.05. The summed E-state index contributed by atoms with van der Waals surface area (Å²) < 4.78 is 0. The molecular formula is C19H20O2. The Bertz CT molecular complexity index is 669. The Morgan fingerprint density at radius 3 is 2.81 bits per heavy atom. The Balaban J connectivity index is 2.74. The summed E-state index contributed by atoms with van der Waals surface area (Å²) in [7, 11) is 0. The van der Waals surface area contributed by atoms with E-state index in [2.05, 4.69) is 37.5 Å². The van der Waals surface area contributed by atoms with Crippen LogP contribution in [0.3, 0.4) is 0 Å². The molecule has 0 fully saturated rings. The van der Waals surface area contributed by atoms with Crippen molar-refractivity contribution in [3.05, 3.63) is 58.7 Å². The molecule has 0 bridgehead atoms. The van der Waals surface area contributed by atoms with E-state index >= 15 is 0 Å². The number of carboxylic acids is 1. The average molecular weight is 280 g/mol. The largest absolute Gasteiger partial charge is 0.478 e. The van der Waals surface area contributed by atoms with Gasteiger partial charge in [0.2, 0.25) is 0 Å². The lowest BCUT2D eigenvalue weighted by Crippen LogP contribution is -2.11. The number of hydrogen-bond donors (Lipinski definition) is 1. The van der Waals surface area contributed by atoms with E-state index in [1.165, 1.54) is 6.08 Å². The van der Waals surface area contributed by atoms with Crippen LogP contribution in [0.2, 0.25) is 0 Å². The van der Waals surface area contributed by atoms with E-state index in [-0.39, 0.29) is 5.92 Å². The molecule has 1 aromatic rings. The predicted molar refractivity (Wildman–Crippen MR) is 85.7 cm³/mol. The summed E-state index contributed by atoms with van der Waals surface area (Å²) in [6, 6.07) is 1.72. The second kappa shape index (κ2) is 6.45. The van der Waals surface area contributed by atoms with Crippen molar-refractivity contribution in [1.29, 1.82) is 0 Å². The number of allylic oxidation sites excluding steroid dienone is 3. The molecule has 108 valence electrons. The molecule has 0 spiro atoms. The first-order chi connectivity index (χ1) is 10.1. The lowest BCUT2D eigenvalue weighted by molar-refractivity contribution is 0.0696. The third-order valence-electron chi connectivity index (χ3n) is 4.05. The highest BCUT2D eigenvalue weighted by molar-refractivity contribution is 5.92. The Kier molecular flexibility index (Phi) is 4.65. The van der Waals surface area contributed by atoms with Gasteiger partial charge in [-0.3, -0.25) is 0 Å². The quantitative estimate of drug-likeness (QED) is 0.645. The molecule has 0 saturated carbocycles. The van der Waals surface area contributed by atoms with E-state index < -0.39 is 5.97 Å². The zero-order valence-electron chi connectivity index (χ0n) is 12.6. The fourth-order valence-electron chi connectivity index (χ4n) is 2.88. The molecule has 2 rings (SSSR count). The van der Waals surface area contributed by atoms with E-state index in [4.69, 9.17) is 0 Å². The molecule has 0 aromatic heterocycles. The molecule has 0 amide bonds. The molecule has 1 atom stereocenters. The van der Waals surface area contributed by atoms with Crippen LogP contribution in [0, 0.1) is 25.7 Å². The minimum Gasteiger partial charge on any atom is -0.478 e. The van der Waals surface area contributed by atoms with Gasteiger partial charge in [0.15, 0.2) is 0 Å². The summed E-state index contributed by atoms with van der Waals surface area (Å²) in [6.45, 7) is 7.61. The highest BCUT2D eigenvalue weighted by Crippen LogP contribution is 2.35. The van der Waals surface area contributed by atoms with Crippen molar-refractivity contribution in [1.82, 2.24) is 0 Å². The number of aromatic carboxylic acids is 1. The zero-order chi connectivity index (χ0) is 15.4. The van der Waals surface area contributed by atoms with Crippen molar-refractivity contribution in [3.8, 4) is 11.8 Å². The van der Waals surface area contributed by atoms with E-state index in [0.717, 1.165) is 36.0 Å². The molecule has 2 heteroatoms. The smallest absolute Gasteiger partial charge is 0.336 e. The van der Waals surface area contributed by atoms with Crippen LogP contribution >= 0.6 is 0 Å². The lowest BCUT2D eigenvalue weighted by atomic mass is 9.81. The second-order valence-corrected chi connectivity index (χ2v) is 5.40. The molecular weight excluding hydrogens is 260 g/mol. The van der Waals surface area contributed by atoms with Crippen molar-refractivity contribution in [3.63, 3.8) is 0 Å². The van der Waals surface area contributed by atoms with Gasteiger partial charge < -0.3 is 5.11 Å². The van der Waals surface area contributed by atoms with E-state index in [1.807, 2.05) is 6.92 Å². The second-order valence-electron chi connectivity index (χ2n) is 5.40. The Morgan fingerprint density at radius 2 is 2.24 bits per heavy atom. The lowest BCUT2D eigenvalue weighted by Gasteiger charge is -2.23. The minimum atomic E-state index is -0.924. The summed E-state index contributed by atoms with van der Waals surface area (Å²) in [5, 5.41) is 9.49. The monoisotopic (exact) mass is 280 g/mol. The Morgan fingerprint density at radius 1 is 1.48 bits per heavy atom. The molecule has 0 saturated heterocycles. The Hall–Kier alpha value is -2.27. The molecule has 2 nitrogen and oxygen atoms in total. The van der Waals surface area contributed by atoms with Gasteiger partial charge in [-0.25, -0.2) is 4.79 Å². The summed E-state index contributed by atoms with van der Waals surface area (Å²) in [6.07, 6.45) is 9.15. The van der Waals surface area contributed by atoms with Crippen LogP contribution in [0.15, 0.2) is 30.9 Å². The van der Waals surface area contributed by atoms with Gasteiger partial charge in [0.25, 0.3) is 0 Å². The molecule has 1 unspecified atom stereocenters. The van der Waals surface area contributed by atoms with Crippen LogP contribution in [0.25, 0.3) is 0 Å². The van der Waals surface area contributed by atoms with Gasteiger partial charge in [-0.15, -0.1) is 0 Å². The van der Waals surface area contributed by atoms with E-state index in [9.17, 15) is 9.90 Å². The number of rotatable bonds is 2. The Labute approximate surface area is 126 Å². The van der Waals surface area contributed by atoms with Crippen molar-refractivity contribution >= 4 is 5.97 Å². The van der Waals surface area contributed by atoms with Crippen LogP contribution < -0.4 is 0 Å². The van der Waals surface area contributed by atoms with Gasteiger partial charge in [0.05, 0.1) is 5.56 Å². The van der Waals surface area contributed by atoms with Crippen LogP contribution in [0.1, 0.15) is 57.8 Å². The predicted octanol–water partition coefficient (Wildman–Crippen LogP) is 4.36. The number of carboxylic acid groups (broad SMARTS) is 1. The fourth-order valence-corrected chi connectivity index (χ4v) is 2.88. The van der Waals surface area contributed by atoms with Crippen LogP contribution in [0.5, 0.6) is 0 Å². The normalized spacial score (nSPS) is 17.0.